The van der Waals surface area contributed by atoms with Crippen molar-refractivity contribution in [3.63, 3.8) is 0 Å². The second kappa shape index (κ2) is 4.55. The van der Waals surface area contributed by atoms with E-state index in [0.717, 1.165) is 0 Å². The smallest absolute Gasteiger partial charge is 0.286 e. The summed E-state index contributed by atoms with van der Waals surface area (Å²) in [5.74, 6) is -0.132. The van der Waals surface area contributed by atoms with Crippen molar-refractivity contribution in [1.82, 2.24) is 0 Å². The molecular weight excluding hydrogens is 140 g/mol. The van der Waals surface area contributed by atoms with E-state index in [1.54, 1.807) is 6.92 Å². The van der Waals surface area contributed by atoms with Crippen LogP contribution in [-0.4, -0.2) is 41.8 Å². The second-order valence-electron chi connectivity index (χ2n) is 1.29. The molecule has 3 nitrogen and oxygen atoms in total. The van der Waals surface area contributed by atoms with Crippen LogP contribution >= 0.6 is 0 Å². The Labute approximate surface area is 65.4 Å². The molecule has 0 saturated heterocycles. The Morgan fingerprint density at radius 3 is 1.88 bits per heavy atom. The molecule has 0 aromatic rings. The Hall–Kier alpha value is 0.676. The lowest BCUT2D eigenvalue weighted by atomic mass is 10.6. The minimum absolute atomic E-state index is 0. The third-order valence-corrected chi connectivity index (χ3v) is 1.39. The molecule has 0 aliphatic heterocycles. The molecule has 0 unspecified atom stereocenters. The van der Waals surface area contributed by atoms with Crippen LogP contribution < -0.4 is 0 Å². The average molecular weight is 150 g/mol. The maximum Gasteiger partial charge on any atom is 0.316 e. The fraction of sp³-hybridized carbons (Fsp3) is 1.00. The fourth-order valence-corrected chi connectivity index (χ4v) is 0.774. The van der Waals surface area contributed by atoms with E-state index in [2.05, 4.69) is 0 Å². The standard InChI is InChI=1S/C3H8O3S.Mg.2H/c1-2-3-7(4,5)6;;;/h2-3H2,1H3,(H,4,5,6);;;. The van der Waals surface area contributed by atoms with Gasteiger partial charge in [-0.3, -0.25) is 4.55 Å². The molecule has 0 radical (unpaired) electrons. The Kier molecular flexibility index (Phi) is 6.52. The third kappa shape index (κ3) is 9.84. The molecule has 0 fully saturated rings. The molecule has 48 valence electrons. The van der Waals surface area contributed by atoms with Crippen LogP contribution in [0.1, 0.15) is 13.3 Å². The maximum atomic E-state index is 9.79. The molecule has 0 aliphatic carbocycles. The second-order valence-corrected chi connectivity index (χ2v) is 2.86. The van der Waals surface area contributed by atoms with Crippen LogP contribution in [0.4, 0.5) is 0 Å². The zero-order chi connectivity index (χ0) is 5.91. The molecule has 1 N–H and O–H groups in total. The van der Waals surface area contributed by atoms with Gasteiger partial charge in [0.05, 0.1) is 5.75 Å². The van der Waals surface area contributed by atoms with Gasteiger partial charge in [-0.1, -0.05) is 6.92 Å². The molecule has 0 saturated carbocycles. The lowest BCUT2D eigenvalue weighted by Gasteiger charge is -1.85. The number of hydrogen-bond donors (Lipinski definition) is 1. The summed E-state index contributed by atoms with van der Waals surface area (Å²) in [7, 11) is -3.67. The highest BCUT2D eigenvalue weighted by Crippen LogP contribution is 1.83. The topological polar surface area (TPSA) is 54.4 Å². The molecule has 0 bridgehead atoms. The monoisotopic (exact) mass is 150 g/mol. The van der Waals surface area contributed by atoms with E-state index in [0.29, 0.717) is 6.42 Å². The summed E-state index contributed by atoms with van der Waals surface area (Å²) in [5, 5.41) is 0. The van der Waals surface area contributed by atoms with Crippen molar-refractivity contribution in [3.8, 4) is 0 Å². The van der Waals surface area contributed by atoms with Gasteiger partial charge in [0, 0.05) is 0 Å². The molecule has 8 heavy (non-hydrogen) atoms. The van der Waals surface area contributed by atoms with Crippen molar-refractivity contribution < 1.29 is 13.0 Å². The Morgan fingerprint density at radius 2 is 1.88 bits per heavy atom. The SMILES string of the molecule is CCCS(=O)(=O)O.[MgH2]. The number of rotatable bonds is 2. The van der Waals surface area contributed by atoms with E-state index in [9.17, 15) is 8.42 Å². The van der Waals surface area contributed by atoms with E-state index in [-0.39, 0.29) is 28.8 Å². The van der Waals surface area contributed by atoms with E-state index in [1.807, 2.05) is 0 Å². The zero-order valence-corrected chi connectivity index (χ0v) is 4.90. The normalized spacial score (nSPS) is 10.2. The van der Waals surface area contributed by atoms with Gasteiger partial charge in [-0.2, -0.15) is 8.42 Å². The summed E-state index contributed by atoms with van der Waals surface area (Å²) < 4.78 is 27.6. The summed E-state index contributed by atoms with van der Waals surface area (Å²) in [6.07, 6.45) is 0.471. The molecular formula is C3H10MgO3S. The first-order chi connectivity index (χ1) is 3.06. The van der Waals surface area contributed by atoms with Crippen molar-refractivity contribution in [3.05, 3.63) is 0 Å². The summed E-state index contributed by atoms with van der Waals surface area (Å²) in [6, 6.07) is 0. The molecule has 5 heteroatoms. The van der Waals surface area contributed by atoms with Crippen LogP contribution in [0.2, 0.25) is 0 Å². The van der Waals surface area contributed by atoms with Crippen LogP contribution in [0.3, 0.4) is 0 Å². The first-order valence-electron chi connectivity index (χ1n) is 2.01. The van der Waals surface area contributed by atoms with Crippen molar-refractivity contribution in [2.24, 2.45) is 0 Å². The highest BCUT2D eigenvalue weighted by atomic mass is 32.2. The highest BCUT2D eigenvalue weighted by molar-refractivity contribution is 7.85. The van der Waals surface area contributed by atoms with Crippen LogP contribution in [-0.2, 0) is 10.1 Å². The minimum atomic E-state index is -3.67. The van der Waals surface area contributed by atoms with Gasteiger partial charge in [0.25, 0.3) is 10.1 Å². The maximum absolute atomic E-state index is 9.79. The summed E-state index contributed by atoms with van der Waals surface area (Å²) in [6.45, 7) is 1.69. The third-order valence-electron chi connectivity index (χ3n) is 0.462. The van der Waals surface area contributed by atoms with Crippen molar-refractivity contribution >= 4 is 33.2 Å². The zero-order valence-electron chi connectivity index (χ0n) is 4.09. The molecule has 0 rings (SSSR count). The number of hydrogen-bond acceptors (Lipinski definition) is 2. The predicted octanol–water partition coefficient (Wildman–Crippen LogP) is -0.632. The Balaban J connectivity index is 0. The quantitative estimate of drug-likeness (QED) is 0.421. The van der Waals surface area contributed by atoms with Gasteiger partial charge in [-0.05, 0) is 6.42 Å². The lowest BCUT2D eigenvalue weighted by Crippen LogP contribution is -2.01. The molecule has 0 aromatic heterocycles. The molecule has 0 spiro atoms. The van der Waals surface area contributed by atoms with Crippen molar-refractivity contribution in [2.75, 3.05) is 5.75 Å². The Morgan fingerprint density at radius 1 is 1.50 bits per heavy atom. The first-order valence-corrected chi connectivity index (χ1v) is 3.62. The van der Waals surface area contributed by atoms with Gasteiger partial charge in [-0.15, -0.1) is 0 Å². The van der Waals surface area contributed by atoms with Gasteiger partial charge in [0.15, 0.2) is 0 Å². The van der Waals surface area contributed by atoms with E-state index >= 15 is 0 Å². The van der Waals surface area contributed by atoms with E-state index in [1.165, 1.54) is 0 Å². The predicted molar refractivity (Wildman–Crippen MR) is 35.3 cm³/mol. The minimum Gasteiger partial charge on any atom is -0.286 e. The van der Waals surface area contributed by atoms with Crippen LogP contribution in [0.5, 0.6) is 0 Å². The van der Waals surface area contributed by atoms with E-state index < -0.39 is 10.1 Å². The van der Waals surface area contributed by atoms with Crippen molar-refractivity contribution in [2.45, 2.75) is 13.3 Å². The largest absolute Gasteiger partial charge is 0.316 e. The van der Waals surface area contributed by atoms with Gasteiger partial charge in [-0.25, -0.2) is 0 Å². The van der Waals surface area contributed by atoms with Crippen LogP contribution in [0, 0.1) is 0 Å². The fourth-order valence-electron chi connectivity index (χ4n) is 0.258. The molecule has 0 amide bonds. The van der Waals surface area contributed by atoms with Crippen molar-refractivity contribution in [1.29, 1.82) is 0 Å². The molecule has 0 atom stereocenters. The summed E-state index contributed by atoms with van der Waals surface area (Å²) in [5.41, 5.74) is 0. The Bertz CT molecular complexity index is 127. The molecule has 0 aromatic carbocycles. The highest BCUT2D eigenvalue weighted by Gasteiger charge is 1.98. The van der Waals surface area contributed by atoms with Gasteiger partial charge in [0.1, 0.15) is 0 Å². The summed E-state index contributed by atoms with van der Waals surface area (Å²) >= 11 is 0. The van der Waals surface area contributed by atoms with Crippen LogP contribution in [0.15, 0.2) is 0 Å². The molecule has 0 aliphatic rings. The first kappa shape index (κ1) is 11.5. The molecule has 0 heterocycles. The van der Waals surface area contributed by atoms with Gasteiger partial charge >= 0.3 is 23.1 Å². The van der Waals surface area contributed by atoms with Gasteiger partial charge in [0.2, 0.25) is 0 Å². The lowest BCUT2D eigenvalue weighted by molar-refractivity contribution is 0.482. The van der Waals surface area contributed by atoms with Crippen LogP contribution in [0.25, 0.3) is 0 Å². The average Bonchev–Trinajstić information content (AvgIpc) is 1.30. The van der Waals surface area contributed by atoms with E-state index in [4.69, 9.17) is 4.55 Å². The summed E-state index contributed by atoms with van der Waals surface area (Å²) in [4.78, 5) is 0. The van der Waals surface area contributed by atoms with Gasteiger partial charge < -0.3 is 0 Å².